The molecule has 0 saturated heterocycles. The number of nitro groups is 1. The van der Waals surface area contributed by atoms with E-state index in [1.807, 2.05) is 0 Å². The van der Waals surface area contributed by atoms with E-state index < -0.39 is 22.5 Å². The number of carbonyl (C=O) groups is 1. The van der Waals surface area contributed by atoms with Crippen molar-refractivity contribution in [3.63, 3.8) is 0 Å². The number of carbonyl (C=O) groups excluding carboxylic acids is 1. The molecule has 1 amide bonds. The largest absolute Gasteiger partial charge is 0.323 e. The third-order valence-electron chi connectivity index (χ3n) is 3.94. The summed E-state index contributed by atoms with van der Waals surface area (Å²) in [5, 5.41) is 13.5. The lowest BCUT2D eigenvalue weighted by molar-refractivity contribution is -0.385. The Hall–Kier alpha value is -3.61. The second-order valence-corrected chi connectivity index (χ2v) is 5.79. The zero-order valence-electron chi connectivity index (χ0n) is 14.0. The van der Waals surface area contributed by atoms with E-state index in [0.717, 1.165) is 6.07 Å². The number of halogens is 2. The fraction of sp³-hybridized carbons (Fsp3) is 0.0500. The zero-order chi connectivity index (χ0) is 19.4. The van der Waals surface area contributed by atoms with Gasteiger partial charge in [0, 0.05) is 23.3 Å². The van der Waals surface area contributed by atoms with Crippen molar-refractivity contribution in [2.24, 2.45) is 0 Å². The molecule has 3 aromatic carbocycles. The van der Waals surface area contributed by atoms with Crippen molar-refractivity contribution in [2.45, 2.75) is 6.42 Å². The molecule has 0 bridgehead atoms. The smallest absolute Gasteiger partial charge is 0.273 e. The normalized spacial score (nSPS) is 10.4. The summed E-state index contributed by atoms with van der Waals surface area (Å²) in [7, 11) is 0. The van der Waals surface area contributed by atoms with Gasteiger partial charge < -0.3 is 5.32 Å². The molecule has 0 aliphatic heterocycles. The number of amides is 1. The van der Waals surface area contributed by atoms with Crippen molar-refractivity contribution in [1.82, 2.24) is 0 Å². The lowest BCUT2D eigenvalue weighted by atomic mass is 10.0. The maximum atomic E-state index is 14.3. The Morgan fingerprint density at radius 1 is 1.00 bits per heavy atom. The first-order chi connectivity index (χ1) is 13.0. The molecule has 7 heteroatoms. The fourth-order valence-electron chi connectivity index (χ4n) is 2.74. The Morgan fingerprint density at radius 2 is 1.67 bits per heavy atom. The average Bonchev–Trinajstić information content (AvgIpc) is 2.64. The number of benzene rings is 3. The maximum absolute atomic E-state index is 14.3. The van der Waals surface area contributed by atoms with Gasteiger partial charge in [0.25, 0.3) is 5.69 Å². The van der Waals surface area contributed by atoms with E-state index in [1.54, 1.807) is 36.4 Å². The summed E-state index contributed by atoms with van der Waals surface area (Å²) < 4.78 is 28.0. The van der Waals surface area contributed by atoms with Crippen LogP contribution in [-0.2, 0) is 11.2 Å². The van der Waals surface area contributed by atoms with E-state index in [1.165, 1.54) is 18.2 Å². The molecule has 0 radical (unpaired) electrons. The molecule has 0 spiro atoms. The number of nitro benzene ring substituents is 1. The maximum Gasteiger partial charge on any atom is 0.273 e. The molecule has 0 unspecified atom stereocenters. The predicted octanol–water partition coefficient (Wildman–Crippen LogP) is 4.72. The lowest BCUT2D eigenvalue weighted by Crippen LogP contribution is -2.17. The predicted molar refractivity (Wildman–Crippen MR) is 97.2 cm³/mol. The highest BCUT2D eigenvalue weighted by molar-refractivity contribution is 5.97. The summed E-state index contributed by atoms with van der Waals surface area (Å²) in [5.41, 5.74) is 0.534. The van der Waals surface area contributed by atoms with Gasteiger partial charge in [0.2, 0.25) is 5.91 Å². The molecule has 0 atom stereocenters. The second kappa shape index (κ2) is 7.74. The third-order valence-corrected chi connectivity index (χ3v) is 3.94. The van der Waals surface area contributed by atoms with Gasteiger partial charge in [-0.1, -0.05) is 48.5 Å². The quantitative estimate of drug-likeness (QED) is 0.523. The van der Waals surface area contributed by atoms with Crippen molar-refractivity contribution in [1.29, 1.82) is 0 Å². The van der Waals surface area contributed by atoms with E-state index in [4.69, 9.17) is 0 Å². The molecule has 3 aromatic rings. The minimum atomic E-state index is -0.926. The minimum Gasteiger partial charge on any atom is -0.323 e. The molecular weight excluding hydrogens is 354 g/mol. The van der Waals surface area contributed by atoms with Gasteiger partial charge in [-0.05, 0) is 11.6 Å². The van der Waals surface area contributed by atoms with E-state index in [9.17, 15) is 23.7 Å². The molecule has 0 saturated carbocycles. The Labute approximate surface area is 153 Å². The third kappa shape index (κ3) is 4.14. The lowest BCUT2D eigenvalue weighted by Gasteiger charge is -2.13. The number of hydrogen-bond acceptors (Lipinski definition) is 3. The minimum absolute atomic E-state index is 0.175. The van der Waals surface area contributed by atoms with E-state index in [0.29, 0.717) is 11.6 Å². The summed E-state index contributed by atoms with van der Waals surface area (Å²) >= 11 is 0. The van der Waals surface area contributed by atoms with Gasteiger partial charge in [-0.3, -0.25) is 14.9 Å². The molecule has 27 heavy (non-hydrogen) atoms. The van der Waals surface area contributed by atoms with Gasteiger partial charge in [-0.15, -0.1) is 0 Å². The van der Waals surface area contributed by atoms with Gasteiger partial charge in [0.15, 0.2) is 0 Å². The summed E-state index contributed by atoms with van der Waals surface area (Å²) in [5.74, 6) is -2.35. The monoisotopic (exact) mass is 368 g/mol. The zero-order valence-corrected chi connectivity index (χ0v) is 14.0. The molecule has 5 nitrogen and oxygen atoms in total. The molecule has 1 N–H and O–H groups in total. The highest BCUT2D eigenvalue weighted by atomic mass is 19.1. The molecule has 0 heterocycles. The van der Waals surface area contributed by atoms with Crippen LogP contribution in [0.3, 0.4) is 0 Å². The Balaban J connectivity index is 1.92. The summed E-state index contributed by atoms with van der Waals surface area (Å²) in [6.45, 7) is 0. The van der Waals surface area contributed by atoms with Crippen molar-refractivity contribution in [3.8, 4) is 11.1 Å². The number of para-hydroxylation sites is 1. The van der Waals surface area contributed by atoms with Gasteiger partial charge in [-0.25, -0.2) is 8.78 Å². The summed E-state index contributed by atoms with van der Waals surface area (Å²) in [6, 6.07) is 16.1. The molecular formula is C20H14F2N2O3. The van der Waals surface area contributed by atoms with Crippen LogP contribution < -0.4 is 5.32 Å². The first-order valence-electron chi connectivity index (χ1n) is 8.02. The van der Waals surface area contributed by atoms with Crippen LogP contribution in [0.4, 0.5) is 20.2 Å². The van der Waals surface area contributed by atoms with Crippen LogP contribution in [0.15, 0.2) is 66.7 Å². The standard InChI is InChI=1S/C20H14F2N2O3/c21-15-11-16(13-6-2-1-3-7-13)20(17(22)12-15)23-19(25)10-14-8-4-5-9-18(14)24(26)27/h1-9,11-12H,10H2,(H,23,25). The van der Waals surface area contributed by atoms with E-state index >= 15 is 0 Å². The SMILES string of the molecule is O=C(Cc1ccccc1[N+](=O)[O-])Nc1c(F)cc(F)cc1-c1ccccc1. The van der Waals surface area contributed by atoms with Gasteiger partial charge in [0.05, 0.1) is 17.0 Å². The van der Waals surface area contributed by atoms with Crippen LogP contribution in [0.25, 0.3) is 11.1 Å². The summed E-state index contributed by atoms with van der Waals surface area (Å²) in [4.78, 5) is 22.9. The van der Waals surface area contributed by atoms with E-state index in [-0.39, 0.29) is 28.9 Å². The Kier molecular flexibility index (Phi) is 5.21. The van der Waals surface area contributed by atoms with Crippen LogP contribution in [0, 0.1) is 21.7 Å². The van der Waals surface area contributed by atoms with Gasteiger partial charge >= 0.3 is 0 Å². The van der Waals surface area contributed by atoms with Crippen molar-refractivity contribution >= 4 is 17.3 Å². The molecule has 0 fully saturated rings. The molecule has 136 valence electrons. The number of hydrogen-bond donors (Lipinski definition) is 1. The van der Waals surface area contributed by atoms with Crippen molar-refractivity contribution in [2.75, 3.05) is 5.32 Å². The molecule has 0 aliphatic rings. The average molecular weight is 368 g/mol. The highest BCUT2D eigenvalue weighted by Gasteiger charge is 2.19. The van der Waals surface area contributed by atoms with Crippen LogP contribution >= 0.6 is 0 Å². The Bertz CT molecular complexity index is 1010. The molecule has 0 aliphatic carbocycles. The van der Waals surface area contributed by atoms with Crippen molar-refractivity contribution in [3.05, 3.63) is 94.0 Å². The van der Waals surface area contributed by atoms with Crippen molar-refractivity contribution < 1.29 is 18.5 Å². The second-order valence-electron chi connectivity index (χ2n) is 5.79. The number of nitrogens with zero attached hydrogens (tertiary/aromatic N) is 1. The highest BCUT2D eigenvalue weighted by Crippen LogP contribution is 2.31. The first kappa shape index (κ1) is 18.2. The van der Waals surface area contributed by atoms with Crippen LogP contribution in [-0.4, -0.2) is 10.8 Å². The number of anilines is 1. The van der Waals surface area contributed by atoms with Gasteiger partial charge in [0.1, 0.15) is 11.6 Å². The fourth-order valence-corrected chi connectivity index (χ4v) is 2.74. The summed E-state index contributed by atoms with van der Waals surface area (Å²) in [6.07, 6.45) is -0.317. The van der Waals surface area contributed by atoms with Crippen LogP contribution in [0.2, 0.25) is 0 Å². The molecule has 3 rings (SSSR count). The Morgan fingerprint density at radius 3 is 2.37 bits per heavy atom. The topological polar surface area (TPSA) is 72.2 Å². The van der Waals surface area contributed by atoms with Crippen LogP contribution in [0.1, 0.15) is 5.56 Å². The van der Waals surface area contributed by atoms with E-state index in [2.05, 4.69) is 5.32 Å². The van der Waals surface area contributed by atoms with Gasteiger partial charge in [-0.2, -0.15) is 0 Å². The van der Waals surface area contributed by atoms with Crippen LogP contribution in [0.5, 0.6) is 0 Å². The number of rotatable bonds is 5. The molecule has 0 aromatic heterocycles. The number of nitrogens with one attached hydrogen (secondary N) is 1. The first-order valence-corrected chi connectivity index (χ1v) is 8.02.